The highest BCUT2D eigenvalue weighted by Crippen LogP contribution is 2.40. The normalized spacial score (nSPS) is 13.8. The maximum Gasteiger partial charge on any atom is 0.247 e. The van der Waals surface area contributed by atoms with Crippen molar-refractivity contribution in [2.45, 2.75) is 18.4 Å². The van der Waals surface area contributed by atoms with Gasteiger partial charge in [-0.3, -0.25) is 4.79 Å². The SMILES string of the molecule is C=CC(=O)Nc1cc(Nc2ncc(Cl)c(-c3c[nH]c4ccccc34)n2)c(OC)cc1OCC1(N)CC1. The minimum absolute atomic E-state index is 0.298. The fraction of sp³-hybridized carbons (Fsp3) is 0.192. The van der Waals surface area contributed by atoms with Crippen molar-refractivity contribution in [3.8, 4) is 22.8 Å². The number of ether oxygens (including phenoxy) is 2. The third kappa shape index (κ3) is 4.84. The van der Waals surface area contributed by atoms with Gasteiger partial charge in [0.15, 0.2) is 0 Å². The van der Waals surface area contributed by atoms with Gasteiger partial charge in [0, 0.05) is 28.7 Å². The fourth-order valence-electron chi connectivity index (χ4n) is 3.76. The lowest BCUT2D eigenvalue weighted by Gasteiger charge is -2.18. The zero-order chi connectivity index (χ0) is 25.3. The van der Waals surface area contributed by atoms with Crippen LogP contribution in [0.15, 0.2) is 61.4 Å². The lowest BCUT2D eigenvalue weighted by Crippen LogP contribution is -2.30. The van der Waals surface area contributed by atoms with E-state index in [1.807, 2.05) is 30.5 Å². The number of halogens is 1. The summed E-state index contributed by atoms with van der Waals surface area (Å²) in [5, 5.41) is 7.35. The van der Waals surface area contributed by atoms with E-state index in [0.29, 0.717) is 46.1 Å². The Kier molecular flexibility index (Phi) is 6.26. The maximum atomic E-state index is 12.1. The zero-order valence-corrected chi connectivity index (χ0v) is 20.4. The number of nitrogens with two attached hydrogens (primary N) is 1. The number of methoxy groups -OCH3 is 1. The van der Waals surface area contributed by atoms with Crippen LogP contribution in [0.3, 0.4) is 0 Å². The molecule has 1 aliphatic rings. The van der Waals surface area contributed by atoms with Crippen molar-refractivity contribution in [3.63, 3.8) is 0 Å². The van der Waals surface area contributed by atoms with Crippen molar-refractivity contribution in [3.05, 3.63) is 66.5 Å². The Morgan fingerprint density at radius 3 is 2.83 bits per heavy atom. The second-order valence-corrected chi connectivity index (χ2v) is 9.06. The monoisotopic (exact) mass is 504 g/mol. The molecule has 1 saturated carbocycles. The molecule has 4 aromatic rings. The summed E-state index contributed by atoms with van der Waals surface area (Å²) in [7, 11) is 1.54. The van der Waals surface area contributed by atoms with Crippen LogP contribution in [0.2, 0.25) is 5.02 Å². The van der Waals surface area contributed by atoms with Gasteiger partial charge in [0.25, 0.3) is 0 Å². The summed E-state index contributed by atoms with van der Waals surface area (Å²) in [5.41, 5.74) is 9.19. The van der Waals surface area contributed by atoms with E-state index in [4.69, 9.17) is 26.8 Å². The molecule has 2 aromatic carbocycles. The number of amides is 1. The van der Waals surface area contributed by atoms with Crippen molar-refractivity contribution in [1.29, 1.82) is 0 Å². The van der Waals surface area contributed by atoms with E-state index in [0.717, 1.165) is 29.3 Å². The first-order valence-corrected chi connectivity index (χ1v) is 11.7. The third-order valence-electron chi connectivity index (χ3n) is 5.99. The molecule has 5 N–H and O–H groups in total. The molecule has 0 saturated heterocycles. The van der Waals surface area contributed by atoms with Crippen LogP contribution in [-0.2, 0) is 4.79 Å². The van der Waals surface area contributed by atoms with Crippen LogP contribution in [-0.4, -0.2) is 40.1 Å². The van der Waals surface area contributed by atoms with Gasteiger partial charge in [-0.25, -0.2) is 9.97 Å². The Balaban J connectivity index is 1.50. The molecule has 0 bridgehead atoms. The van der Waals surface area contributed by atoms with Gasteiger partial charge in [0.2, 0.25) is 11.9 Å². The molecule has 9 nitrogen and oxygen atoms in total. The summed E-state index contributed by atoms with van der Waals surface area (Å²) in [4.78, 5) is 24.3. The van der Waals surface area contributed by atoms with Gasteiger partial charge >= 0.3 is 0 Å². The standard InChI is InChI=1S/C26H25ClN6O3/c1-3-23(34)31-20-10-19(21(35-2)11-22(20)36-14-26(28)8-9-26)32-25-30-13-17(27)24(33-25)16-12-29-18-7-5-4-6-15(16)18/h3-7,10-13,29H,1,8-9,14,28H2,2H3,(H,31,34)(H,30,32,33). The molecule has 2 aromatic heterocycles. The molecule has 2 heterocycles. The second kappa shape index (κ2) is 9.52. The van der Waals surface area contributed by atoms with Gasteiger partial charge in [-0.15, -0.1) is 0 Å². The predicted octanol–water partition coefficient (Wildman–Crippen LogP) is 5.03. The molecule has 0 atom stereocenters. The molecule has 0 radical (unpaired) electrons. The highest BCUT2D eigenvalue weighted by Gasteiger charge is 2.39. The van der Waals surface area contributed by atoms with Gasteiger partial charge in [-0.05, 0) is 31.1 Å². The van der Waals surface area contributed by atoms with Crippen molar-refractivity contribution in [1.82, 2.24) is 15.0 Å². The quantitative estimate of drug-likeness (QED) is 0.235. The number of hydrogen-bond donors (Lipinski definition) is 4. The van der Waals surface area contributed by atoms with E-state index < -0.39 is 0 Å². The molecule has 184 valence electrons. The van der Waals surface area contributed by atoms with Crippen molar-refractivity contribution in [2.24, 2.45) is 5.73 Å². The van der Waals surface area contributed by atoms with Crippen LogP contribution in [0.4, 0.5) is 17.3 Å². The molecule has 1 fully saturated rings. The van der Waals surface area contributed by atoms with E-state index in [1.54, 1.807) is 12.1 Å². The number of aromatic nitrogens is 3. The molecule has 10 heteroatoms. The van der Waals surface area contributed by atoms with Crippen LogP contribution in [0, 0.1) is 0 Å². The minimum atomic E-state index is -0.380. The molecule has 0 unspecified atom stereocenters. The van der Waals surface area contributed by atoms with E-state index in [9.17, 15) is 4.79 Å². The highest BCUT2D eigenvalue weighted by molar-refractivity contribution is 6.33. The van der Waals surface area contributed by atoms with Crippen molar-refractivity contribution >= 4 is 45.7 Å². The third-order valence-corrected chi connectivity index (χ3v) is 6.26. The Hall–Kier alpha value is -4.08. The van der Waals surface area contributed by atoms with Crippen LogP contribution >= 0.6 is 11.6 Å². The first-order valence-electron chi connectivity index (χ1n) is 11.3. The van der Waals surface area contributed by atoms with Crippen LogP contribution in [0.25, 0.3) is 22.2 Å². The summed E-state index contributed by atoms with van der Waals surface area (Å²) in [6, 6.07) is 11.3. The summed E-state index contributed by atoms with van der Waals surface area (Å²) >= 11 is 6.47. The number of H-pyrrole nitrogens is 1. The highest BCUT2D eigenvalue weighted by atomic mass is 35.5. The average molecular weight is 505 g/mol. The average Bonchev–Trinajstić information content (AvgIpc) is 3.47. The van der Waals surface area contributed by atoms with Crippen molar-refractivity contribution < 1.29 is 14.3 Å². The van der Waals surface area contributed by atoms with E-state index in [2.05, 4.69) is 32.2 Å². The lowest BCUT2D eigenvalue weighted by atomic mass is 10.1. The molecular formula is C26H25ClN6O3. The maximum absolute atomic E-state index is 12.1. The number of benzene rings is 2. The molecule has 1 amide bonds. The van der Waals surface area contributed by atoms with Crippen molar-refractivity contribution in [2.75, 3.05) is 24.4 Å². The van der Waals surface area contributed by atoms with Gasteiger partial charge < -0.3 is 30.8 Å². The molecular weight excluding hydrogens is 480 g/mol. The first-order chi connectivity index (χ1) is 17.4. The number of anilines is 3. The summed E-state index contributed by atoms with van der Waals surface area (Å²) in [5.74, 6) is 0.817. The molecule has 1 aliphatic carbocycles. The number of carbonyl (C=O) groups excluding carboxylic acids is 1. The number of carbonyl (C=O) groups is 1. The number of hydrogen-bond acceptors (Lipinski definition) is 7. The molecule has 0 aliphatic heterocycles. The number of aromatic amines is 1. The second-order valence-electron chi connectivity index (χ2n) is 8.66. The summed E-state index contributed by atoms with van der Waals surface area (Å²) < 4.78 is 11.5. The van der Waals surface area contributed by atoms with E-state index in [-0.39, 0.29) is 11.4 Å². The fourth-order valence-corrected chi connectivity index (χ4v) is 3.95. The predicted molar refractivity (Wildman–Crippen MR) is 141 cm³/mol. The minimum Gasteiger partial charge on any atom is -0.494 e. The largest absolute Gasteiger partial charge is 0.494 e. The smallest absolute Gasteiger partial charge is 0.247 e. The summed E-state index contributed by atoms with van der Waals surface area (Å²) in [6.45, 7) is 3.85. The number of fused-ring (bicyclic) bond motifs is 1. The number of nitrogens with zero attached hydrogens (tertiary/aromatic N) is 2. The Bertz CT molecular complexity index is 1460. The topological polar surface area (TPSA) is 127 Å². The van der Waals surface area contributed by atoms with E-state index >= 15 is 0 Å². The molecule has 0 spiro atoms. The van der Waals surface area contributed by atoms with Gasteiger partial charge in [-0.2, -0.15) is 0 Å². The summed E-state index contributed by atoms with van der Waals surface area (Å²) in [6.07, 6.45) is 6.37. The van der Waals surface area contributed by atoms with Gasteiger partial charge in [0.1, 0.15) is 18.1 Å². The van der Waals surface area contributed by atoms with Crippen LogP contribution < -0.4 is 25.8 Å². The zero-order valence-electron chi connectivity index (χ0n) is 19.6. The Morgan fingerprint density at radius 2 is 2.08 bits per heavy atom. The van der Waals surface area contributed by atoms with Gasteiger partial charge in [-0.1, -0.05) is 36.4 Å². The number of nitrogens with one attached hydrogen (secondary N) is 3. The van der Waals surface area contributed by atoms with E-state index in [1.165, 1.54) is 19.4 Å². The lowest BCUT2D eigenvalue weighted by molar-refractivity contribution is -0.111. The molecule has 36 heavy (non-hydrogen) atoms. The number of para-hydroxylation sites is 1. The van der Waals surface area contributed by atoms with Crippen LogP contribution in [0.1, 0.15) is 12.8 Å². The Labute approximate surface area is 212 Å². The first kappa shape index (κ1) is 23.7. The number of rotatable bonds is 9. The van der Waals surface area contributed by atoms with Gasteiger partial charge in [0.05, 0.1) is 40.9 Å². The van der Waals surface area contributed by atoms with Crippen LogP contribution in [0.5, 0.6) is 11.5 Å². The Morgan fingerprint density at radius 1 is 1.28 bits per heavy atom. The molecule has 5 rings (SSSR count).